The lowest BCUT2D eigenvalue weighted by atomic mass is 10.1. The highest BCUT2D eigenvalue weighted by Crippen LogP contribution is 2.21. The molecule has 0 unspecified atom stereocenters. The van der Waals surface area contributed by atoms with Gasteiger partial charge >= 0.3 is 0 Å². The summed E-state index contributed by atoms with van der Waals surface area (Å²) in [7, 11) is 0. The molecule has 1 amide bonds. The first-order valence-electron chi connectivity index (χ1n) is 4.84. The predicted molar refractivity (Wildman–Crippen MR) is 64.2 cm³/mol. The Balaban J connectivity index is 2.43. The SMILES string of the molecule is NC(=O)c1ccccc1N1C=CC=CC=N1. The second-order valence-corrected chi connectivity index (χ2v) is 3.22. The fourth-order valence-corrected chi connectivity index (χ4v) is 1.42. The molecule has 80 valence electrons. The van der Waals surface area contributed by atoms with E-state index in [0.29, 0.717) is 11.3 Å². The Bertz CT molecular complexity index is 473. The monoisotopic (exact) mass is 213 g/mol. The molecule has 4 nitrogen and oxygen atoms in total. The van der Waals surface area contributed by atoms with E-state index in [9.17, 15) is 4.79 Å². The van der Waals surface area contributed by atoms with Crippen molar-refractivity contribution in [3.8, 4) is 0 Å². The first-order chi connectivity index (χ1) is 7.79. The molecule has 0 fully saturated rings. The minimum absolute atomic E-state index is 0.450. The maximum Gasteiger partial charge on any atom is 0.250 e. The fraction of sp³-hybridized carbons (Fsp3) is 0. The summed E-state index contributed by atoms with van der Waals surface area (Å²) in [5, 5.41) is 5.77. The molecule has 0 saturated carbocycles. The van der Waals surface area contributed by atoms with Gasteiger partial charge in [-0.3, -0.25) is 4.79 Å². The summed E-state index contributed by atoms with van der Waals surface area (Å²) in [6.45, 7) is 0. The molecule has 2 N–H and O–H groups in total. The molecule has 0 aromatic heterocycles. The lowest BCUT2D eigenvalue weighted by Crippen LogP contribution is -2.17. The maximum atomic E-state index is 11.3. The molecule has 2 rings (SSSR count). The number of nitrogens with zero attached hydrogens (tertiary/aromatic N) is 2. The number of hydrazone groups is 1. The van der Waals surface area contributed by atoms with E-state index in [1.807, 2.05) is 24.3 Å². The zero-order chi connectivity index (χ0) is 11.4. The van der Waals surface area contributed by atoms with Crippen molar-refractivity contribution in [3.63, 3.8) is 0 Å². The number of carbonyl (C=O) groups is 1. The number of carbonyl (C=O) groups excluding carboxylic acids is 1. The zero-order valence-electron chi connectivity index (χ0n) is 8.58. The van der Waals surface area contributed by atoms with E-state index in [0.717, 1.165) is 0 Å². The molecule has 0 atom stereocenters. The molecular formula is C12H11N3O. The van der Waals surface area contributed by atoms with Crippen LogP contribution in [-0.4, -0.2) is 12.1 Å². The van der Waals surface area contributed by atoms with Gasteiger partial charge in [0.2, 0.25) is 0 Å². The average Bonchev–Trinajstić information content (AvgIpc) is 2.57. The normalized spacial score (nSPS) is 13.9. The highest BCUT2D eigenvalue weighted by atomic mass is 16.1. The van der Waals surface area contributed by atoms with Gasteiger partial charge in [0.25, 0.3) is 5.91 Å². The van der Waals surface area contributed by atoms with Gasteiger partial charge in [0.1, 0.15) is 0 Å². The largest absolute Gasteiger partial charge is 0.366 e. The standard InChI is InChI=1S/C12H11N3O/c13-12(16)10-6-2-3-7-11(10)15-9-5-1-4-8-14-15/h1-9H,(H2,13,16). The molecule has 1 heterocycles. The smallest absolute Gasteiger partial charge is 0.250 e. The van der Waals surface area contributed by atoms with Gasteiger partial charge in [0.05, 0.1) is 11.3 Å². The number of hydrogen-bond donors (Lipinski definition) is 1. The summed E-state index contributed by atoms with van der Waals surface area (Å²) < 4.78 is 0. The third kappa shape index (κ3) is 2.00. The fourth-order valence-electron chi connectivity index (χ4n) is 1.42. The second kappa shape index (κ2) is 4.44. The Morgan fingerprint density at radius 3 is 2.81 bits per heavy atom. The van der Waals surface area contributed by atoms with E-state index in [1.165, 1.54) is 0 Å². The average molecular weight is 213 g/mol. The third-order valence-corrected chi connectivity index (χ3v) is 2.14. The summed E-state index contributed by atoms with van der Waals surface area (Å²) in [4.78, 5) is 11.3. The molecule has 1 aliphatic heterocycles. The van der Waals surface area contributed by atoms with Crippen LogP contribution < -0.4 is 10.7 Å². The van der Waals surface area contributed by atoms with Crippen molar-refractivity contribution in [3.05, 3.63) is 54.3 Å². The van der Waals surface area contributed by atoms with Gasteiger partial charge in [0, 0.05) is 12.4 Å². The molecule has 1 aromatic rings. The topological polar surface area (TPSA) is 58.7 Å². The van der Waals surface area contributed by atoms with Crippen LogP contribution in [0, 0.1) is 0 Å². The molecule has 0 radical (unpaired) electrons. The molecule has 0 aliphatic carbocycles. The number of primary amides is 1. The lowest BCUT2D eigenvalue weighted by Gasteiger charge is -2.15. The molecule has 0 bridgehead atoms. The Kier molecular flexibility index (Phi) is 2.82. The van der Waals surface area contributed by atoms with Gasteiger partial charge in [-0.1, -0.05) is 18.2 Å². The van der Waals surface area contributed by atoms with Gasteiger partial charge in [-0.15, -0.1) is 0 Å². The lowest BCUT2D eigenvalue weighted by molar-refractivity contribution is 0.100. The van der Waals surface area contributed by atoms with E-state index < -0.39 is 5.91 Å². The Morgan fingerprint density at radius 2 is 2.00 bits per heavy atom. The van der Waals surface area contributed by atoms with E-state index in [1.54, 1.807) is 35.6 Å². The summed E-state index contributed by atoms with van der Waals surface area (Å²) in [6, 6.07) is 7.09. The number of amides is 1. The van der Waals surface area contributed by atoms with Crippen molar-refractivity contribution >= 4 is 17.8 Å². The summed E-state index contributed by atoms with van der Waals surface area (Å²) in [5.74, 6) is -0.462. The highest BCUT2D eigenvalue weighted by Gasteiger charge is 2.11. The molecule has 1 aliphatic rings. The quantitative estimate of drug-likeness (QED) is 0.812. The Labute approximate surface area is 93.4 Å². The van der Waals surface area contributed by atoms with Gasteiger partial charge < -0.3 is 5.73 Å². The maximum absolute atomic E-state index is 11.3. The van der Waals surface area contributed by atoms with Crippen molar-refractivity contribution in [2.24, 2.45) is 10.8 Å². The van der Waals surface area contributed by atoms with E-state index in [-0.39, 0.29) is 0 Å². The van der Waals surface area contributed by atoms with Crippen molar-refractivity contribution in [1.82, 2.24) is 0 Å². The van der Waals surface area contributed by atoms with E-state index in [4.69, 9.17) is 5.73 Å². The summed E-state index contributed by atoms with van der Waals surface area (Å²) in [5.41, 5.74) is 6.43. The van der Waals surface area contributed by atoms with Crippen LogP contribution in [0.5, 0.6) is 0 Å². The van der Waals surface area contributed by atoms with E-state index >= 15 is 0 Å². The molecular weight excluding hydrogens is 202 g/mol. The molecule has 16 heavy (non-hydrogen) atoms. The number of anilines is 1. The van der Waals surface area contributed by atoms with Crippen molar-refractivity contribution < 1.29 is 4.79 Å². The van der Waals surface area contributed by atoms with Crippen LogP contribution in [0.2, 0.25) is 0 Å². The van der Waals surface area contributed by atoms with Gasteiger partial charge in [-0.2, -0.15) is 5.10 Å². The Hall–Kier alpha value is -2.36. The predicted octanol–water partition coefficient (Wildman–Crippen LogP) is 1.66. The number of rotatable bonds is 2. The number of nitrogens with two attached hydrogens (primary N) is 1. The van der Waals surface area contributed by atoms with E-state index in [2.05, 4.69) is 5.10 Å². The van der Waals surface area contributed by atoms with Crippen molar-refractivity contribution in [1.29, 1.82) is 0 Å². The molecule has 0 saturated heterocycles. The van der Waals surface area contributed by atoms with Crippen molar-refractivity contribution in [2.45, 2.75) is 0 Å². The number of allylic oxidation sites excluding steroid dienone is 3. The minimum Gasteiger partial charge on any atom is -0.366 e. The van der Waals surface area contributed by atoms with Crippen LogP contribution in [0.4, 0.5) is 5.69 Å². The molecule has 0 spiro atoms. The van der Waals surface area contributed by atoms with Crippen LogP contribution in [-0.2, 0) is 0 Å². The molecule has 4 heteroatoms. The summed E-state index contributed by atoms with van der Waals surface area (Å²) >= 11 is 0. The van der Waals surface area contributed by atoms with Crippen LogP contribution in [0.1, 0.15) is 10.4 Å². The second-order valence-electron chi connectivity index (χ2n) is 3.22. The van der Waals surface area contributed by atoms with Crippen LogP contribution >= 0.6 is 0 Å². The van der Waals surface area contributed by atoms with Gasteiger partial charge in [-0.05, 0) is 24.3 Å². The first kappa shape index (κ1) is 10.2. The summed E-state index contributed by atoms with van der Waals surface area (Å²) in [6.07, 6.45) is 8.92. The minimum atomic E-state index is -0.462. The molecule has 1 aromatic carbocycles. The van der Waals surface area contributed by atoms with Crippen LogP contribution in [0.15, 0.2) is 53.8 Å². The first-order valence-corrected chi connectivity index (χ1v) is 4.84. The van der Waals surface area contributed by atoms with Crippen molar-refractivity contribution in [2.75, 3.05) is 5.01 Å². The highest BCUT2D eigenvalue weighted by molar-refractivity contribution is 5.99. The number of benzene rings is 1. The Morgan fingerprint density at radius 1 is 1.19 bits per heavy atom. The number of para-hydroxylation sites is 1. The zero-order valence-corrected chi connectivity index (χ0v) is 8.58. The van der Waals surface area contributed by atoms with Crippen LogP contribution in [0.25, 0.3) is 0 Å². The number of hydrogen-bond acceptors (Lipinski definition) is 3. The van der Waals surface area contributed by atoms with Crippen LogP contribution in [0.3, 0.4) is 0 Å². The van der Waals surface area contributed by atoms with Gasteiger partial charge in [-0.25, -0.2) is 5.01 Å². The van der Waals surface area contributed by atoms with Gasteiger partial charge in [0.15, 0.2) is 0 Å². The third-order valence-electron chi connectivity index (χ3n) is 2.14.